The van der Waals surface area contributed by atoms with Crippen LogP contribution < -0.4 is 0 Å². The van der Waals surface area contributed by atoms with E-state index in [-0.39, 0.29) is 0 Å². The topological polar surface area (TPSA) is 9.23 Å². The standard InChI is InChI=1S/C19H36O/c1-2-3-4-5-6-15-19(18-13-9-10-14-18)20-16-17-11-7-8-12-17/h17-19H,2-16H2,1H3. The summed E-state index contributed by atoms with van der Waals surface area (Å²) in [6.07, 6.45) is 20.4. The molecule has 1 atom stereocenters. The first-order valence-corrected chi connectivity index (χ1v) is 9.51. The highest BCUT2D eigenvalue weighted by Gasteiger charge is 2.26. The normalized spacial score (nSPS) is 22.6. The van der Waals surface area contributed by atoms with Gasteiger partial charge in [-0.25, -0.2) is 0 Å². The van der Waals surface area contributed by atoms with Crippen LogP contribution in [0.4, 0.5) is 0 Å². The van der Waals surface area contributed by atoms with Crippen molar-refractivity contribution < 1.29 is 4.74 Å². The average molecular weight is 280 g/mol. The zero-order valence-corrected chi connectivity index (χ0v) is 13.7. The van der Waals surface area contributed by atoms with Crippen LogP contribution in [0.5, 0.6) is 0 Å². The first-order valence-electron chi connectivity index (χ1n) is 9.51. The van der Waals surface area contributed by atoms with Crippen molar-refractivity contribution in [1.82, 2.24) is 0 Å². The van der Waals surface area contributed by atoms with Gasteiger partial charge in [-0.05, 0) is 43.9 Å². The Labute approximate surface area is 126 Å². The smallest absolute Gasteiger partial charge is 0.0603 e. The molecule has 20 heavy (non-hydrogen) atoms. The van der Waals surface area contributed by atoms with E-state index in [1.807, 2.05) is 0 Å². The fourth-order valence-electron chi connectivity index (χ4n) is 4.17. The second-order valence-electron chi connectivity index (χ2n) is 7.27. The molecule has 2 rings (SSSR count). The minimum absolute atomic E-state index is 0.597. The maximum atomic E-state index is 6.42. The second-order valence-corrected chi connectivity index (χ2v) is 7.27. The van der Waals surface area contributed by atoms with Gasteiger partial charge in [-0.2, -0.15) is 0 Å². The van der Waals surface area contributed by atoms with Crippen LogP contribution in [0.2, 0.25) is 0 Å². The Morgan fingerprint density at radius 2 is 1.50 bits per heavy atom. The van der Waals surface area contributed by atoms with E-state index in [9.17, 15) is 0 Å². The molecule has 0 aromatic carbocycles. The average Bonchev–Trinajstić information content (AvgIpc) is 3.14. The Hall–Kier alpha value is -0.0400. The molecule has 1 unspecified atom stereocenters. The van der Waals surface area contributed by atoms with Crippen molar-refractivity contribution in [3.63, 3.8) is 0 Å². The highest BCUT2D eigenvalue weighted by molar-refractivity contribution is 4.77. The lowest BCUT2D eigenvalue weighted by atomic mass is 9.95. The molecule has 1 heteroatoms. The summed E-state index contributed by atoms with van der Waals surface area (Å²) in [7, 11) is 0. The van der Waals surface area contributed by atoms with Crippen molar-refractivity contribution in [2.75, 3.05) is 6.61 Å². The van der Waals surface area contributed by atoms with Crippen molar-refractivity contribution in [3.8, 4) is 0 Å². The zero-order valence-electron chi connectivity index (χ0n) is 13.7. The van der Waals surface area contributed by atoms with Gasteiger partial charge in [-0.1, -0.05) is 64.7 Å². The second kappa shape index (κ2) is 9.82. The maximum absolute atomic E-state index is 6.42. The van der Waals surface area contributed by atoms with E-state index in [0.717, 1.165) is 18.4 Å². The summed E-state index contributed by atoms with van der Waals surface area (Å²) in [5, 5.41) is 0. The Bertz CT molecular complexity index is 226. The van der Waals surface area contributed by atoms with E-state index in [4.69, 9.17) is 4.74 Å². The third-order valence-electron chi connectivity index (χ3n) is 5.54. The summed E-state index contributed by atoms with van der Waals surface area (Å²) in [5.74, 6) is 1.78. The molecule has 0 aromatic rings. The SMILES string of the molecule is CCCCCCCC(OCC1CCCC1)C1CCCC1. The lowest BCUT2D eigenvalue weighted by Gasteiger charge is -2.25. The van der Waals surface area contributed by atoms with Crippen LogP contribution in [0.3, 0.4) is 0 Å². The molecule has 0 saturated heterocycles. The molecule has 0 spiro atoms. The van der Waals surface area contributed by atoms with Gasteiger partial charge < -0.3 is 4.74 Å². The van der Waals surface area contributed by atoms with Crippen molar-refractivity contribution in [2.45, 2.75) is 103 Å². The van der Waals surface area contributed by atoms with Crippen molar-refractivity contribution in [1.29, 1.82) is 0 Å². The first kappa shape index (κ1) is 16.3. The van der Waals surface area contributed by atoms with Crippen LogP contribution in [0.25, 0.3) is 0 Å². The molecular formula is C19H36O. The highest BCUT2D eigenvalue weighted by Crippen LogP contribution is 2.33. The van der Waals surface area contributed by atoms with Gasteiger partial charge in [-0.3, -0.25) is 0 Å². The summed E-state index contributed by atoms with van der Waals surface area (Å²) >= 11 is 0. The number of ether oxygens (including phenoxy) is 1. The predicted molar refractivity (Wildman–Crippen MR) is 87.0 cm³/mol. The van der Waals surface area contributed by atoms with Crippen LogP contribution in [-0.4, -0.2) is 12.7 Å². The maximum Gasteiger partial charge on any atom is 0.0603 e. The first-order chi connectivity index (χ1) is 9.90. The number of unbranched alkanes of at least 4 members (excludes halogenated alkanes) is 4. The Morgan fingerprint density at radius 3 is 2.20 bits per heavy atom. The number of hydrogen-bond donors (Lipinski definition) is 0. The number of rotatable bonds is 10. The molecule has 2 aliphatic rings. The van der Waals surface area contributed by atoms with Crippen molar-refractivity contribution >= 4 is 0 Å². The van der Waals surface area contributed by atoms with Crippen LogP contribution >= 0.6 is 0 Å². The summed E-state index contributed by atoms with van der Waals surface area (Å²) in [6, 6.07) is 0. The molecule has 118 valence electrons. The molecule has 0 bridgehead atoms. The molecule has 1 nitrogen and oxygen atoms in total. The van der Waals surface area contributed by atoms with Crippen LogP contribution in [0.15, 0.2) is 0 Å². The molecular weight excluding hydrogens is 244 g/mol. The van der Waals surface area contributed by atoms with E-state index in [1.54, 1.807) is 0 Å². The Kier molecular flexibility index (Phi) is 8.02. The molecule has 2 aliphatic carbocycles. The van der Waals surface area contributed by atoms with E-state index in [0.29, 0.717) is 6.10 Å². The minimum Gasteiger partial charge on any atom is -0.378 e. The fraction of sp³-hybridized carbons (Fsp3) is 1.00. The third kappa shape index (κ3) is 5.76. The monoisotopic (exact) mass is 280 g/mol. The predicted octanol–water partition coefficient (Wildman–Crippen LogP) is 6.11. The summed E-state index contributed by atoms with van der Waals surface area (Å²) in [6.45, 7) is 3.36. The molecule has 0 aromatic heterocycles. The van der Waals surface area contributed by atoms with Gasteiger partial charge in [0.05, 0.1) is 6.10 Å². The van der Waals surface area contributed by atoms with E-state index in [1.165, 1.54) is 89.9 Å². The molecule has 0 radical (unpaired) electrons. The van der Waals surface area contributed by atoms with E-state index < -0.39 is 0 Å². The van der Waals surface area contributed by atoms with Crippen molar-refractivity contribution in [3.05, 3.63) is 0 Å². The Balaban J connectivity index is 1.66. The van der Waals surface area contributed by atoms with Gasteiger partial charge in [0.2, 0.25) is 0 Å². The van der Waals surface area contributed by atoms with Gasteiger partial charge in [0, 0.05) is 6.61 Å². The molecule has 0 amide bonds. The molecule has 0 aliphatic heterocycles. The Morgan fingerprint density at radius 1 is 0.850 bits per heavy atom. The van der Waals surface area contributed by atoms with Gasteiger partial charge in [0.25, 0.3) is 0 Å². The van der Waals surface area contributed by atoms with Gasteiger partial charge >= 0.3 is 0 Å². The lowest BCUT2D eigenvalue weighted by molar-refractivity contribution is -0.0106. The van der Waals surface area contributed by atoms with Crippen LogP contribution in [0, 0.1) is 11.8 Å². The highest BCUT2D eigenvalue weighted by atomic mass is 16.5. The van der Waals surface area contributed by atoms with Gasteiger partial charge in [0.1, 0.15) is 0 Å². The molecule has 0 heterocycles. The fourth-order valence-corrected chi connectivity index (χ4v) is 4.17. The third-order valence-corrected chi connectivity index (χ3v) is 5.54. The van der Waals surface area contributed by atoms with E-state index >= 15 is 0 Å². The van der Waals surface area contributed by atoms with Crippen molar-refractivity contribution in [2.24, 2.45) is 11.8 Å². The summed E-state index contributed by atoms with van der Waals surface area (Å²) in [4.78, 5) is 0. The molecule has 0 N–H and O–H groups in total. The quantitative estimate of drug-likeness (QED) is 0.438. The van der Waals surface area contributed by atoms with Crippen LogP contribution in [0.1, 0.15) is 96.8 Å². The minimum atomic E-state index is 0.597. The largest absolute Gasteiger partial charge is 0.378 e. The summed E-state index contributed by atoms with van der Waals surface area (Å²) < 4.78 is 6.42. The zero-order chi connectivity index (χ0) is 14.0. The van der Waals surface area contributed by atoms with Crippen LogP contribution in [-0.2, 0) is 4.74 Å². The molecule has 2 fully saturated rings. The number of hydrogen-bond acceptors (Lipinski definition) is 1. The lowest BCUT2D eigenvalue weighted by Crippen LogP contribution is -2.24. The van der Waals surface area contributed by atoms with Gasteiger partial charge in [-0.15, -0.1) is 0 Å². The van der Waals surface area contributed by atoms with E-state index in [2.05, 4.69) is 6.92 Å². The van der Waals surface area contributed by atoms with Gasteiger partial charge in [0.15, 0.2) is 0 Å². The molecule has 2 saturated carbocycles. The summed E-state index contributed by atoms with van der Waals surface area (Å²) in [5.41, 5.74) is 0.